The van der Waals surface area contributed by atoms with Gasteiger partial charge in [0.05, 0.1) is 16.8 Å². The van der Waals surface area contributed by atoms with E-state index in [0.29, 0.717) is 18.8 Å². The summed E-state index contributed by atoms with van der Waals surface area (Å²) in [6.07, 6.45) is 1.74. The molecule has 1 aromatic carbocycles. The van der Waals surface area contributed by atoms with Crippen molar-refractivity contribution in [2.24, 2.45) is 0 Å². The number of fused-ring (bicyclic) bond motifs is 1. The van der Waals surface area contributed by atoms with Crippen molar-refractivity contribution in [3.05, 3.63) is 28.9 Å². The standard InChI is InChI=1S/C15H21BrN4O/c1-15(21,9-20(2)3)8-19-13-5-4-12(17)11-6-10(16)7-18-14(11)13/h4-7,19,21H,8-9,17H2,1-3H3. The number of nitrogen functional groups attached to an aromatic ring is 1. The van der Waals surface area contributed by atoms with Crippen molar-refractivity contribution in [3.8, 4) is 0 Å². The molecule has 1 atom stereocenters. The van der Waals surface area contributed by atoms with Crippen LogP contribution in [0.1, 0.15) is 6.92 Å². The minimum absolute atomic E-state index is 0.432. The lowest BCUT2D eigenvalue weighted by molar-refractivity contribution is 0.0460. The molecular weight excluding hydrogens is 332 g/mol. The number of likely N-dealkylation sites (N-methyl/N-ethyl adjacent to an activating group) is 1. The van der Waals surface area contributed by atoms with Crippen LogP contribution in [0.2, 0.25) is 0 Å². The fourth-order valence-electron chi connectivity index (χ4n) is 2.38. The number of rotatable bonds is 5. The fraction of sp³-hybridized carbons (Fsp3) is 0.400. The normalized spacial score (nSPS) is 14.4. The van der Waals surface area contributed by atoms with Gasteiger partial charge in [0.25, 0.3) is 0 Å². The monoisotopic (exact) mass is 352 g/mol. The maximum atomic E-state index is 10.4. The van der Waals surface area contributed by atoms with Crippen LogP contribution in [-0.4, -0.2) is 47.8 Å². The van der Waals surface area contributed by atoms with Crippen LogP contribution in [0.15, 0.2) is 28.9 Å². The minimum Gasteiger partial charge on any atom is -0.398 e. The van der Waals surface area contributed by atoms with Crippen molar-refractivity contribution in [2.45, 2.75) is 12.5 Å². The lowest BCUT2D eigenvalue weighted by Gasteiger charge is -2.27. The summed E-state index contributed by atoms with van der Waals surface area (Å²) in [6.45, 7) is 2.82. The van der Waals surface area contributed by atoms with Gasteiger partial charge in [0.1, 0.15) is 0 Å². The molecule has 0 saturated heterocycles. The van der Waals surface area contributed by atoms with E-state index in [1.807, 2.05) is 44.1 Å². The quantitative estimate of drug-likeness (QED) is 0.720. The molecule has 0 spiro atoms. The highest BCUT2D eigenvalue weighted by Crippen LogP contribution is 2.29. The van der Waals surface area contributed by atoms with Gasteiger partial charge in [-0.15, -0.1) is 0 Å². The van der Waals surface area contributed by atoms with Crippen molar-refractivity contribution in [3.63, 3.8) is 0 Å². The van der Waals surface area contributed by atoms with Crippen molar-refractivity contribution in [2.75, 3.05) is 38.2 Å². The lowest BCUT2D eigenvalue weighted by Crippen LogP contribution is -2.43. The Bertz CT molecular complexity index is 643. The number of nitrogens with one attached hydrogen (secondary N) is 1. The summed E-state index contributed by atoms with van der Waals surface area (Å²) in [5.74, 6) is 0. The second-order valence-electron chi connectivity index (χ2n) is 5.84. The van der Waals surface area contributed by atoms with Crippen LogP contribution in [-0.2, 0) is 0 Å². The summed E-state index contributed by atoms with van der Waals surface area (Å²) in [6, 6.07) is 5.69. The number of hydrogen-bond acceptors (Lipinski definition) is 5. The largest absolute Gasteiger partial charge is 0.398 e. The predicted molar refractivity (Wildman–Crippen MR) is 91.5 cm³/mol. The lowest BCUT2D eigenvalue weighted by atomic mass is 10.1. The molecule has 1 heterocycles. The van der Waals surface area contributed by atoms with Gasteiger partial charge in [-0.1, -0.05) is 0 Å². The molecule has 0 amide bonds. The van der Waals surface area contributed by atoms with Gasteiger partial charge in [-0.25, -0.2) is 0 Å². The first kappa shape index (κ1) is 16.0. The molecule has 0 fully saturated rings. The molecule has 21 heavy (non-hydrogen) atoms. The SMILES string of the molecule is CN(C)CC(C)(O)CNc1ccc(N)c2cc(Br)cnc12. The summed E-state index contributed by atoms with van der Waals surface area (Å²) in [7, 11) is 3.87. The van der Waals surface area contributed by atoms with Crippen LogP contribution in [0.25, 0.3) is 10.9 Å². The van der Waals surface area contributed by atoms with Crippen LogP contribution in [0.3, 0.4) is 0 Å². The maximum Gasteiger partial charge on any atom is 0.0954 e. The van der Waals surface area contributed by atoms with E-state index in [-0.39, 0.29) is 0 Å². The van der Waals surface area contributed by atoms with Gasteiger partial charge in [-0.3, -0.25) is 4.98 Å². The molecular formula is C15H21BrN4O. The van der Waals surface area contributed by atoms with Crippen molar-refractivity contribution in [1.29, 1.82) is 0 Å². The number of benzene rings is 1. The Hall–Kier alpha value is -1.37. The van der Waals surface area contributed by atoms with Crippen LogP contribution in [0, 0.1) is 0 Å². The minimum atomic E-state index is -0.827. The zero-order chi connectivity index (χ0) is 15.6. The molecule has 0 aliphatic carbocycles. The molecule has 0 bridgehead atoms. The van der Waals surface area contributed by atoms with Crippen molar-refractivity contribution >= 4 is 38.2 Å². The number of hydrogen-bond donors (Lipinski definition) is 3. The van der Waals surface area contributed by atoms with Crippen LogP contribution >= 0.6 is 15.9 Å². The average Bonchev–Trinajstić information content (AvgIpc) is 2.37. The summed E-state index contributed by atoms with van der Waals surface area (Å²) < 4.78 is 0.887. The Morgan fingerprint density at radius 1 is 1.43 bits per heavy atom. The Morgan fingerprint density at radius 2 is 2.14 bits per heavy atom. The van der Waals surface area contributed by atoms with E-state index in [1.165, 1.54) is 0 Å². The number of pyridine rings is 1. The molecule has 114 valence electrons. The number of halogens is 1. The van der Waals surface area contributed by atoms with E-state index in [2.05, 4.69) is 26.2 Å². The zero-order valence-corrected chi connectivity index (χ0v) is 14.1. The number of anilines is 2. The molecule has 0 aliphatic heterocycles. The molecule has 5 nitrogen and oxygen atoms in total. The maximum absolute atomic E-state index is 10.4. The average molecular weight is 353 g/mol. The molecule has 0 aliphatic rings. The van der Waals surface area contributed by atoms with Crippen LogP contribution < -0.4 is 11.1 Å². The van der Waals surface area contributed by atoms with Crippen molar-refractivity contribution < 1.29 is 5.11 Å². The third-order valence-corrected chi connectivity index (χ3v) is 3.60. The third kappa shape index (κ3) is 4.06. The predicted octanol–water partition coefficient (Wildman–Crippen LogP) is 2.30. The molecule has 2 rings (SSSR count). The zero-order valence-electron chi connectivity index (χ0n) is 12.5. The number of nitrogens with zero attached hydrogens (tertiary/aromatic N) is 2. The summed E-state index contributed by atoms with van der Waals surface area (Å²) in [4.78, 5) is 6.38. The summed E-state index contributed by atoms with van der Waals surface area (Å²) >= 11 is 3.41. The van der Waals surface area contributed by atoms with E-state index in [4.69, 9.17) is 5.73 Å². The molecule has 1 aromatic heterocycles. The molecule has 0 saturated carbocycles. The Labute approximate surface area is 133 Å². The highest BCUT2D eigenvalue weighted by molar-refractivity contribution is 9.10. The number of aliphatic hydroxyl groups is 1. The summed E-state index contributed by atoms with van der Waals surface area (Å²) in [5, 5.41) is 14.5. The molecule has 4 N–H and O–H groups in total. The first-order valence-electron chi connectivity index (χ1n) is 6.73. The van der Waals surface area contributed by atoms with Gasteiger partial charge < -0.3 is 21.1 Å². The Balaban J connectivity index is 2.25. The van der Waals surface area contributed by atoms with Crippen molar-refractivity contribution in [1.82, 2.24) is 9.88 Å². The fourth-order valence-corrected chi connectivity index (χ4v) is 2.71. The second kappa shape index (κ2) is 6.17. The molecule has 2 aromatic rings. The highest BCUT2D eigenvalue weighted by Gasteiger charge is 2.21. The van der Waals surface area contributed by atoms with Gasteiger partial charge in [0, 0.05) is 34.8 Å². The number of aromatic nitrogens is 1. The van der Waals surface area contributed by atoms with Crippen LogP contribution in [0.4, 0.5) is 11.4 Å². The topological polar surface area (TPSA) is 74.4 Å². The second-order valence-corrected chi connectivity index (χ2v) is 6.76. The first-order valence-corrected chi connectivity index (χ1v) is 7.52. The van der Waals surface area contributed by atoms with E-state index in [9.17, 15) is 5.11 Å². The van der Waals surface area contributed by atoms with E-state index in [0.717, 1.165) is 21.1 Å². The van der Waals surface area contributed by atoms with Gasteiger partial charge in [-0.2, -0.15) is 0 Å². The smallest absolute Gasteiger partial charge is 0.0954 e. The van der Waals surface area contributed by atoms with Gasteiger partial charge in [0.15, 0.2) is 0 Å². The first-order chi connectivity index (χ1) is 9.78. The van der Waals surface area contributed by atoms with E-state index >= 15 is 0 Å². The number of nitrogens with two attached hydrogens (primary N) is 1. The molecule has 1 unspecified atom stereocenters. The van der Waals surface area contributed by atoms with Crippen LogP contribution in [0.5, 0.6) is 0 Å². The third-order valence-electron chi connectivity index (χ3n) is 3.17. The van der Waals surface area contributed by atoms with E-state index < -0.39 is 5.60 Å². The Morgan fingerprint density at radius 3 is 2.81 bits per heavy atom. The molecule has 6 heteroatoms. The van der Waals surface area contributed by atoms with Gasteiger partial charge in [0.2, 0.25) is 0 Å². The Kier molecular flexibility index (Phi) is 4.70. The van der Waals surface area contributed by atoms with Gasteiger partial charge >= 0.3 is 0 Å². The molecule has 0 radical (unpaired) electrons. The van der Waals surface area contributed by atoms with Gasteiger partial charge in [-0.05, 0) is 55.1 Å². The van der Waals surface area contributed by atoms with E-state index in [1.54, 1.807) is 6.20 Å². The highest BCUT2D eigenvalue weighted by atomic mass is 79.9. The summed E-state index contributed by atoms with van der Waals surface area (Å²) in [5.41, 5.74) is 7.53.